The van der Waals surface area contributed by atoms with Crippen molar-refractivity contribution in [3.63, 3.8) is 0 Å². The average Bonchev–Trinajstić information content (AvgIpc) is 3.36. The molecule has 2 N–H and O–H groups in total. The van der Waals surface area contributed by atoms with Crippen molar-refractivity contribution in [2.45, 2.75) is 19.8 Å². The summed E-state index contributed by atoms with van der Waals surface area (Å²) in [4.78, 5) is 26.7. The third-order valence-corrected chi connectivity index (χ3v) is 5.28. The number of rotatable bonds is 8. The SMILES string of the molecule is CCN(CC)C(=O)COc1cccc(NC(=O)[C@H]2CNC[C@@H]2c2cnn(C)c2)c1.Cl. The molecule has 2 amide bonds. The lowest BCUT2D eigenvalue weighted by Gasteiger charge is -2.19. The molecule has 0 bridgehead atoms. The first kappa shape index (κ1) is 23.7. The highest BCUT2D eigenvalue weighted by Gasteiger charge is 2.34. The maximum atomic E-state index is 12.9. The monoisotopic (exact) mass is 435 g/mol. The zero-order chi connectivity index (χ0) is 20.8. The number of nitrogens with one attached hydrogen (secondary N) is 2. The summed E-state index contributed by atoms with van der Waals surface area (Å²) in [5.74, 6) is 0.375. The first-order valence-electron chi connectivity index (χ1n) is 10.0. The Kier molecular flexibility index (Phi) is 8.68. The number of anilines is 1. The summed E-state index contributed by atoms with van der Waals surface area (Å²) in [5.41, 5.74) is 1.71. The number of aryl methyl sites for hydroxylation is 1. The van der Waals surface area contributed by atoms with Gasteiger partial charge in [-0.25, -0.2) is 0 Å². The molecule has 1 fully saturated rings. The number of hydrogen-bond acceptors (Lipinski definition) is 5. The molecule has 1 aromatic heterocycles. The van der Waals surface area contributed by atoms with E-state index in [2.05, 4.69) is 15.7 Å². The number of ether oxygens (including phenoxy) is 1. The molecule has 2 heterocycles. The summed E-state index contributed by atoms with van der Waals surface area (Å²) < 4.78 is 7.38. The quantitative estimate of drug-likeness (QED) is 0.662. The molecular formula is C21H30ClN5O3. The number of aromatic nitrogens is 2. The molecule has 1 aliphatic heterocycles. The summed E-state index contributed by atoms with van der Waals surface area (Å²) in [6.07, 6.45) is 3.78. The van der Waals surface area contributed by atoms with Gasteiger partial charge >= 0.3 is 0 Å². The van der Waals surface area contributed by atoms with Gasteiger partial charge in [-0.15, -0.1) is 12.4 Å². The number of carbonyl (C=O) groups is 2. The van der Waals surface area contributed by atoms with Crippen LogP contribution in [0.2, 0.25) is 0 Å². The minimum atomic E-state index is -0.173. The van der Waals surface area contributed by atoms with Gasteiger partial charge in [0.2, 0.25) is 5.91 Å². The molecule has 30 heavy (non-hydrogen) atoms. The van der Waals surface area contributed by atoms with Crippen LogP contribution in [0.4, 0.5) is 5.69 Å². The van der Waals surface area contributed by atoms with Crippen molar-refractivity contribution in [2.24, 2.45) is 13.0 Å². The Morgan fingerprint density at radius 2 is 2.07 bits per heavy atom. The van der Waals surface area contributed by atoms with Gasteiger partial charge in [-0.05, 0) is 31.5 Å². The van der Waals surface area contributed by atoms with Crippen LogP contribution in [0.15, 0.2) is 36.7 Å². The van der Waals surface area contributed by atoms with Gasteiger partial charge in [-0.3, -0.25) is 14.3 Å². The van der Waals surface area contributed by atoms with Crippen LogP contribution in [0.5, 0.6) is 5.75 Å². The summed E-state index contributed by atoms with van der Waals surface area (Å²) in [6.45, 7) is 6.54. The standard InChI is InChI=1S/C21H29N5O3.ClH/c1-4-26(5-2)20(27)14-29-17-8-6-7-16(9-17)24-21(28)19-12-22-11-18(19)15-10-23-25(3)13-15;/h6-10,13,18-19,22H,4-5,11-12,14H2,1-3H3,(H,24,28);1H/t18-,19+;/m1./s1. The fourth-order valence-corrected chi connectivity index (χ4v) is 3.65. The molecule has 0 unspecified atom stereocenters. The van der Waals surface area contributed by atoms with Crippen LogP contribution in [-0.4, -0.2) is 59.3 Å². The van der Waals surface area contributed by atoms with Gasteiger partial charge in [0, 0.05) is 57.1 Å². The van der Waals surface area contributed by atoms with Crippen molar-refractivity contribution in [2.75, 3.05) is 38.1 Å². The molecule has 1 aromatic carbocycles. The van der Waals surface area contributed by atoms with Gasteiger partial charge in [0.1, 0.15) is 5.75 Å². The second kappa shape index (κ2) is 11.0. The van der Waals surface area contributed by atoms with E-state index in [1.807, 2.05) is 39.4 Å². The summed E-state index contributed by atoms with van der Waals surface area (Å²) in [6, 6.07) is 7.15. The van der Waals surface area contributed by atoms with Gasteiger partial charge in [0.25, 0.3) is 5.91 Å². The van der Waals surface area contributed by atoms with Crippen LogP contribution in [0.3, 0.4) is 0 Å². The normalized spacial score (nSPS) is 17.8. The summed E-state index contributed by atoms with van der Waals surface area (Å²) in [5, 5.41) is 10.5. The summed E-state index contributed by atoms with van der Waals surface area (Å²) in [7, 11) is 1.87. The topological polar surface area (TPSA) is 88.5 Å². The van der Waals surface area contributed by atoms with Crippen LogP contribution in [0.1, 0.15) is 25.3 Å². The highest BCUT2D eigenvalue weighted by molar-refractivity contribution is 5.93. The fraction of sp³-hybridized carbons (Fsp3) is 0.476. The Hall–Kier alpha value is -2.58. The maximum Gasteiger partial charge on any atom is 0.260 e. The van der Waals surface area contributed by atoms with E-state index in [0.29, 0.717) is 31.1 Å². The lowest BCUT2D eigenvalue weighted by atomic mass is 9.90. The molecule has 0 aliphatic carbocycles. The number of carbonyl (C=O) groups excluding carboxylic acids is 2. The van der Waals surface area contributed by atoms with E-state index in [1.54, 1.807) is 27.8 Å². The molecule has 8 nitrogen and oxygen atoms in total. The van der Waals surface area contributed by atoms with E-state index in [-0.39, 0.29) is 42.7 Å². The molecule has 2 aromatic rings. The van der Waals surface area contributed by atoms with Gasteiger partial charge in [-0.1, -0.05) is 6.07 Å². The number of likely N-dealkylation sites (N-methyl/N-ethyl adjacent to an activating group) is 1. The number of benzene rings is 1. The zero-order valence-electron chi connectivity index (χ0n) is 17.6. The molecule has 0 saturated carbocycles. The number of nitrogens with zero attached hydrogens (tertiary/aromatic N) is 3. The molecule has 0 radical (unpaired) electrons. The molecule has 3 rings (SSSR count). The Bertz CT molecular complexity index is 853. The van der Waals surface area contributed by atoms with Gasteiger partial charge in [0.15, 0.2) is 6.61 Å². The van der Waals surface area contributed by atoms with Crippen LogP contribution in [0, 0.1) is 5.92 Å². The van der Waals surface area contributed by atoms with Crippen LogP contribution >= 0.6 is 12.4 Å². The van der Waals surface area contributed by atoms with Crippen molar-refractivity contribution in [3.8, 4) is 5.75 Å². The zero-order valence-corrected chi connectivity index (χ0v) is 18.4. The highest BCUT2D eigenvalue weighted by atomic mass is 35.5. The van der Waals surface area contributed by atoms with E-state index in [4.69, 9.17) is 4.74 Å². The molecular weight excluding hydrogens is 406 g/mol. The first-order chi connectivity index (χ1) is 14.0. The van der Waals surface area contributed by atoms with Crippen molar-refractivity contribution in [3.05, 3.63) is 42.2 Å². The Morgan fingerprint density at radius 3 is 2.73 bits per heavy atom. The van der Waals surface area contributed by atoms with Gasteiger partial charge in [-0.2, -0.15) is 5.10 Å². The van der Waals surface area contributed by atoms with Crippen LogP contribution < -0.4 is 15.4 Å². The molecule has 164 valence electrons. The van der Waals surface area contributed by atoms with E-state index in [0.717, 1.165) is 12.1 Å². The highest BCUT2D eigenvalue weighted by Crippen LogP contribution is 2.29. The average molecular weight is 436 g/mol. The van der Waals surface area contributed by atoms with Crippen molar-refractivity contribution < 1.29 is 14.3 Å². The van der Waals surface area contributed by atoms with E-state index >= 15 is 0 Å². The second-order valence-corrected chi connectivity index (χ2v) is 7.19. The lowest BCUT2D eigenvalue weighted by Crippen LogP contribution is -2.34. The third-order valence-electron chi connectivity index (χ3n) is 5.28. The van der Waals surface area contributed by atoms with Crippen LogP contribution in [0.25, 0.3) is 0 Å². The Morgan fingerprint density at radius 1 is 1.30 bits per heavy atom. The largest absolute Gasteiger partial charge is 0.484 e. The molecule has 2 atom stereocenters. The van der Waals surface area contributed by atoms with Crippen molar-refractivity contribution in [1.29, 1.82) is 0 Å². The predicted octanol–water partition coefficient (Wildman–Crippen LogP) is 2.03. The van der Waals surface area contributed by atoms with E-state index < -0.39 is 0 Å². The second-order valence-electron chi connectivity index (χ2n) is 7.19. The van der Waals surface area contributed by atoms with Crippen molar-refractivity contribution in [1.82, 2.24) is 20.0 Å². The smallest absolute Gasteiger partial charge is 0.260 e. The summed E-state index contributed by atoms with van der Waals surface area (Å²) >= 11 is 0. The fourth-order valence-electron chi connectivity index (χ4n) is 3.65. The van der Waals surface area contributed by atoms with Gasteiger partial charge in [0.05, 0.1) is 12.1 Å². The predicted molar refractivity (Wildman–Crippen MR) is 118 cm³/mol. The minimum Gasteiger partial charge on any atom is -0.484 e. The number of halogens is 1. The van der Waals surface area contributed by atoms with Gasteiger partial charge < -0.3 is 20.3 Å². The van der Waals surface area contributed by atoms with Crippen LogP contribution in [-0.2, 0) is 16.6 Å². The maximum absolute atomic E-state index is 12.9. The molecule has 1 saturated heterocycles. The molecule has 0 spiro atoms. The minimum absolute atomic E-state index is 0. The first-order valence-corrected chi connectivity index (χ1v) is 10.0. The lowest BCUT2D eigenvalue weighted by molar-refractivity contribution is -0.133. The number of amides is 2. The molecule has 1 aliphatic rings. The van der Waals surface area contributed by atoms with Crippen molar-refractivity contribution >= 4 is 29.9 Å². The number of hydrogen-bond donors (Lipinski definition) is 2. The molecule has 9 heteroatoms. The van der Waals surface area contributed by atoms with E-state index in [1.165, 1.54) is 0 Å². The third kappa shape index (κ3) is 5.73. The van der Waals surface area contributed by atoms with E-state index in [9.17, 15) is 9.59 Å². The Labute approximate surface area is 183 Å². The Balaban J connectivity index is 0.00000320.